The van der Waals surface area contributed by atoms with Crippen molar-refractivity contribution in [1.82, 2.24) is 5.06 Å². The Bertz CT molecular complexity index is 1070. The van der Waals surface area contributed by atoms with Gasteiger partial charge in [0.25, 0.3) is 0 Å². The Kier molecular flexibility index (Phi) is 8.23. The van der Waals surface area contributed by atoms with Crippen LogP contribution < -0.4 is 4.74 Å². The molecule has 0 atom stereocenters. The van der Waals surface area contributed by atoms with Crippen LogP contribution in [0.15, 0.2) is 30.3 Å². The van der Waals surface area contributed by atoms with Crippen molar-refractivity contribution >= 4 is 12.1 Å². The Balaban J connectivity index is 1.60. The van der Waals surface area contributed by atoms with Crippen LogP contribution in [-0.4, -0.2) is 43.6 Å². The molecule has 188 valence electrons. The Morgan fingerprint density at radius 1 is 1.06 bits per heavy atom. The first kappa shape index (κ1) is 25.0. The lowest BCUT2D eigenvalue weighted by molar-refractivity contribution is -0.146. The fourth-order valence-electron chi connectivity index (χ4n) is 4.80. The molecule has 8 heteroatoms. The molecule has 0 amide bonds. The van der Waals surface area contributed by atoms with E-state index in [0.717, 1.165) is 54.4 Å². The molecule has 0 spiro atoms. The van der Waals surface area contributed by atoms with Gasteiger partial charge in [-0.3, -0.25) is 4.79 Å². The van der Waals surface area contributed by atoms with Crippen molar-refractivity contribution in [2.24, 2.45) is 0 Å². The van der Waals surface area contributed by atoms with E-state index >= 15 is 0 Å². The van der Waals surface area contributed by atoms with Gasteiger partial charge in [0, 0.05) is 12.1 Å². The van der Waals surface area contributed by atoms with Crippen LogP contribution in [0.2, 0.25) is 0 Å². The van der Waals surface area contributed by atoms with E-state index in [-0.39, 0.29) is 30.9 Å². The van der Waals surface area contributed by atoms with Gasteiger partial charge in [-0.15, -0.1) is 5.06 Å². The lowest BCUT2D eigenvalue weighted by Gasteiger charge is -2.30. The number of benzene rings is 2. The van der Waals surface area contributed by atoms with Crippen LogP contribution in [0.3, 0.4) is 0 Å². The molecule has 0 saturated heterocycles. The Morgan fingerprint density at radius 3 is 2.60 bits per heavy atom. The molecule has 35 heavy (non-hydrogen) atoms. The number of esters is 1. The highest BCUT2D eigenvalue weighted by Crippen LogP contribution is 2.38. The lowest BCUT2D eigenvalue weighted by Crippen LogP contribution is -2.35. The van der Waals surface area contributed by atoms with Crippen molar-refractivity contribution in [2.75, 3.05) is 20.3 Å². The number of fused-ring (bicyclic) bond motifs is 1. The number of carbonyl (C=O) groups excluding carboxylic acids is 2. The van der Waals surface area contributed by atoms with Crippen LogP contribution >= 0.6 is 0 Å². The zero-order valence-electron chi connectivity index (χ0n) is 20.3. The van der Waals surface area contributed by atoms with Gasteiger partial charge in [0.2, 0.25) is 0 Å². The van der Waals surface area contributed by atoms with Gasteiger partial charge in [0.1, 0.15) is 17.7 Å². The van der Waals surface area contributed by atoms with E-state index in [9.17, 15) is 14.0 Å². The first-order valence-electron chi connectivity index (χ1n) is 12.2. The fourth-order valence-corrected chi connectivity index (χ4v) is 4.80. The third kappa shape index (κ3) is 6.11. The molecule has 0 radical (unpaired) electrons. The molecule has 7 nitrogen and oxygen atoms in total. The molecular weight excluding hydrogens is 453 g/mol. The van der Waals surface area contributed by atoms with E-state index < -0.39 is 6.16 Å². The van der Waals surface area contributed by atoms with E-state index in [1.165, 1.54) is 18.2 Å². The first-order valence-corrected chi connectivity index (χ1v) is 12.2. The zero-order valence-corrected chi connectivity index (χ0v) is 20.3. The molecule has 2 aromatic rings. The van der Waals surface area contributed by atoms with Crippen LogP contribution in [-0.2, 0) is 38.5 Å². The molecule has 4 rings (SSSR count). The average Bonchev–Trinajstić information content (AvgIpc) is 2.86. The van der Waals surface area contributed by atoms with E-state index in [1.54, 1.807) is 6.07 Å². The molecule has 2 aliphatic rings. The summed E-state index contributed by atoms with van der Waals surface area (Å²) in [5, 5.41) is 1.52. The molecule has 1 aliphatic carbocycles. The second-order valence-electron chi connectivity index (χ2n) is 8.90. The molecule has 0 aromatic heterocycles. The monoisotopic (exact) mass is 485 g/mol. The van der Waals surface area contributed by atoms with Crippen LogP contribution in [0.1, 0.15) is 55.7 Å². The Hall–Kier alpha value is -3.13. The maximum absolute atomic E-state index is 14.8. The van der Waals surface area contributed by atoms with Crippen LogP contribution in [0.25, 0.3) is 11.1 Å². The summed E-state index contributed by atoms with van der Waals surface area (Å²) < 4.78 is 30.9. The average molecular weight is 486 g/mol. The number of hydrogen-bond acceptors (Lipinski definition) is 7. The van der Waals surface area contributed by atoms with Gasteiger partial charge in [0.05, 0.1) is 26.7 Å². The van der Waals surface area contributed by atoms with Crippen LogP contribution in [0, 0.1) is 5.82 Å². The topological polar surface area (TPSA) is 74.3 Å². The number of halogens is 1. The smallest absolute Gasteiger partial charge is 0.493 e. The quantitative estimate of drug-likeness (QED) is 0.489. The number of nitrogens with zero attached hydrogens (tertiary/aromatic N) is 1. The second-order valence-corrected chi connectivity index (χ2v) is 8.90. The molecule has 2 aromatic carbocycles. The summed E-state index contributed by atoms with van der Waals surface area (Å²) in [5.41, 5.74) is 3.58. The van der Waals surface area contributed by atoms with Gasteiger partial charge in [-0.05, 0) is 79.5 Å². The SMILES string of the molecule is CCOc1ccc(CC(=O)OC)cc1-c1ccc(F)c2c1CN(OC(=O)OC1CCCCC1)CC2. The molecule has 0 unspecified atom stereocenters. The Labute approximate surface area is 205 Å². The summed E-state index contributed by atoms with van der Waals surface area (Å²) in [4.78, 5) is 29.7. The first-order chi connectivity index (χ1) is 17.0. The summed E-state index contributed by atoms with van der Waals surface area (Å²) in [6.45, 7) is 2.93. The minimum atomic E-state index is -0.714. The van der Waals surface area contributed by atoms with E-state index in [2.05, 4.69) is 0 Å². The van der Waals surface area contributed by atoms with Crippen molar-refractivity contribution in [3.63, 3.8) is 0 Å². The predicted octanol–water partition coefficient (Wildman–Crippen LogP) is 5.37. The second kappa shape index (κ2) is 11.5. The predicted molar refractivity (Wildman–Crippen MR) is 127 cm³/mol. The highest BCUT2D eigenvalue weighted by Gasteiger charge is 2.28. The van der Waals surface area contributed by atoms with Gasteiger partial charge < -0.3 is 19.0 Å². The molecule has 1 saturated carbocycles. The van der Waals surface area contributed by atoms with Gasteiger partial charge in [-0.1, -0.05) is 18.6 Å². The van der Waals surface area contributed by atoms with Crippen molar-refractivity contribution in [3.8, 4) is 16.9 Å². The van der Waals surface area contributed by atoms with Gasteiger partial charge in [-0.25, -0.2) is 9.18 Å². The highest BCUT2D eigenvalue weighted by atomic mass is 19.1. The maximum Gasteiger partial charge on any atom is 0.528 e. The molecular formula is C27H32FNO6. The van der Waals surface area contributed by atoms with Crippen molar-refractivity contribution in [1.29, 1.82) is 0 Å². The van der Waals surface area contributed by atoms with Crippen molar-refractivity contribution < 1.29 is 33.0 Å². The third-order valence-electron chi connectivity index (χ3n) is 6.55. The van der Waals surface area contributed by atoms with Crippen LogP contribution in [0.5, 0.6) is 5.75 Å². The normalized spacial score (nSPS) is 16.3. The molecule has 1 heterocycles. The van der Waals surface area contributed by atoms with Crippen molar-refractivity contribution in [2.45, 2.75) is 64.5 Å². The third-order valence-corrected chi connectivity index (χ3v) is 6.55. The van der Waals surface area contributed by atoms with Gasteiger partial charge in [-0.2, -0.15) is 0 Å². The maximum atomic E-state index is 14.8. The zero-order chi connectivity index (χ0) is 24.8. The summed E-state index contributed by atoms with van der Waals surface area (Å²) in [5.74, 6) is -0.0150. The van der Waals surface area contributed by atoms with Crippen molar-refractivity contribution in [3.05, 3.63) is 52.8 Å². The minimum absolute atomic E-state index is 0.104. The number of ether oxygens (including phenoxy) is 3. The fraction of sp³-hybridized carbons (Fsp3) is 0.481. The van der Waals surface area contributed by atoms with Gasteiger partial charge >= 0.3 is 12.1 Å². The number of rotatable bonds is 7. The minimum Gasteiger partial charge on any atom is -0.493 e. The molecule has 0 N–H and O–H groups in total. The summed E-state index contributed by atoms with van der Waals surface area (Å²) in [6.07, 6.45) is 4.66. The molecule has 0 bridgehead atoms. The summed E-state index contributed by atoms with van der Waals surface area (Å²) in [6, 6.07) is 8.65. The summed E-state index contributed by atoms with van der Waals surface area (Å²) in [7, 11) is 1.35. The number of methoxy groups -OCH3 is 1. The highest BCUT2D eigenvalue weighted by molar-refractivity contribution is 5.78. The van der Waals surface area contributed by atoms with Gasteiger partial charge in [0.15, 0.2) is 0 Å². The Morgan fingerprint density at radius 2 is 1.86 bits per heavy atom. The standard InChI is InChI=1S/C27H32FNO6/c1-3-33-25-12-9-18(16-26(30)32-2)15-22(25)20-10-11-24(28)21-13-14-29(17-23(20)21)35-27(31)34-19-7-5-4-6-8-19/h9-12,15,19H,3-8,13-14,16-17H2,1-2H3. The lowest BCUT2D eigenvalue weighted by atomic mass is 9.90. The number of hydroxylamine groups is 2. The molecule has 1 aliphatic heterocycles. The van der Waals surface area contributed by atoms with Crippen LogP contribution in [0.4, 0.5) is 9.18 Å². The molecule has 1 fully saturated rings. The van der Waals surface area contributed by atoms with E-state index in [4.69, 9.17) is 19.0 Å². The largest absolute Gasteiger partial charge is 0.528 e. The van der Waals surface area contributed by atoms with E-state index in [0.29, 0.717) is 30.9 Å². The number of carbonyl (C=O) groups is 2. The van der Waals surface area contributed by atoms with E-state index in [1.807, 2.05) is 25.1 Å². The summed E-state index contributed by atoms with van der Waals surface area (Å²) >= 11 is 0. The number of hydrogen-bond donors (Lipinski definition) is 0.